The first kappa shape index (κ1) is 12.7. The fraction of sp³-hybridized carbons (Fsp3) is 0.385. The number of fused-ring (bicyclic) bond motifs is 1. The van der Waals surface area contributed by atoms with Gasteiger partial charge in [0.2, 0.25) is 5.91 Å². The van der Waals surface area contributed by atoms with Crippen molar-refractivity contribution in [2.24, 2.45) is 5.73 Å². The minimum absolute atomic E-state index is 0.0727. The van der Waals surface area contributed by atoms with Crippen molar-refractivity contribution in [3.05, 3.63) is 29.3 Å². The summed E-state index contributed by atoms with van der Waals surface area (Å²) >= 11 is 0. The number of amides is 1. The molecule has 0 saturated heterocycles. The van der Waals surface area contributed by atoms with Gasteiger partial charge in [0.1, 0.15) is 6.10 Å². The molecule has 1 aromatic rings. The van der Waals surface area contributed by atoms with Crippen LogP contribution in [0.15, 0.2) is 18.2 Å². The lowest BCUT2D eigenvalue weighted by Gasteiger charge is -2.26. The predicted octanol–water partition coefficient (Wildman–Crippen LogP) is 0.0979. The number of ketones is 1. The van der Waals surface area contributed by atoms with Gasteiger partial charge in [0.05, 0.1) is 0 Å². The molecule has 5 heteroatoms. The van der Waals surface area contributed by atoms with Gasteiger partial charge in [-0.15, -0.1) is 0 Å². The van der Waals surface area contributed by atoms with E-state index in [2.05, 4.69) is 0 Å². The summed E-state index contributed by atoms with van der Waals surface area (Å²) in [5.74, 6) is -0.302. The predicted molar refractivity (Wildman–Crippen MR) is 67.6 cm³/mol. The van der Waals surface area contributed by atoms with Crippen LogP contribution in [0.1, 0.15) is 22.3 Å². The third kappa shape index (κ3) is 2.14. The summed E-state index contributed by atoms with van der Waals surface area (Å²) in [4.78, 5) is 24.9. The van der Waals surface area contributed by atoms with Crippen LogP contribution in [-0.4, -0.2) is 36.5 Å². The first-order chi connectivity index (χ1) is 8.54. The summed E-state index contributed by atoms with van der Waals surface area (Å²) in [5.41, 5.74) is 7.48. The van der Waals surface area contributed by atoms with Gasteiger partial charge >= 0.3 is 0 Å². The number of hydrogen-bond donors (Lipinski definition) is 2. The minimum atomic E-state index is -1.16. The number of aryl methyl sites for hydroxylation is 1. The number of nitrogens with zero attached hydrogens (tertiary/aromatic N) is 1. The quantitative estimate of drug-likeness (QED) is 0.743. The molecule has 0 saturated carbocycles. The Morgan fingerprint density at radius 1 is 1.50 bits per heavy atom. The van der Waals surface area contributed by atoms with Crippen LogP contribution in [-0.2, 0) is 11.2 Å². The number of nitrogens with two attached hydrogens (primary N) is 1. The van der Waals surface area contributed by atoms with Crippen LogP contribution in [0.3, 0.4) is 0 Å². The number of benzene rings is 1. The van der Waals surface area contributed by atoms with Crippen molar-refractivity contribution >= 4 is 17.4 Å². The molecule has 1 amide bonds. The van der Waals surface area contributed by atoms with Gasteiger partial charge < -0.3 is 15.7 Å². The molecule has 0 fully saturated rings. The number of aliphatic hydroxyl groups is 1. The molecule has 1 aliphatic heterocycles. The minimum Gasteiger partial charge on any atom is -0.384 e. The summed E-state index contributed by atoms with van der Waals surface area (Å²) in [6.07, 6.45) is -0.0927. The average Bonchev–Trinajstić information content (AvgIpc) is 2.41. The Balaban J connectivity index is 2.34. The first-order valence-corrected chi connectivity index (χ1v) is 5.86. The SMILES string of the molecule is CN1C(=O)CCc2cc(C(=O)C(O)CN)ccc21. The van der Waals surface area contributed by atoms with Gasteiger partial charge in [-0.05, 0) is 30.2 Å². The monoisotopic (exact) mass is 248 g/mol. The highest BCUT2D eigenvalue weighted by atomic mass is 16.3. The number of hydrogen-bond acceptors (Lipinski definition) is 4. The molecule has 1 aliphatic rings. The molecular formula is C13H16N2O3. The Hall–Kier alpha value is -1.72. The van der Waals surface area contributed by atoms with Crippen molar-refractivity contribution in [2.75, 3.05) is 18.5 Å². The molecule has 0 aromatic heterocycles. The number of rotatable bonds is 3. The highest BCUT2D eigenvalue weighted by molar-refractivity contribution is 6.01. The molecule has 0 bridgehead atoms. The van der Waals surface area contributed by atoms with Crippen molar-refractivity contribution in [3.8, 4) is 0 Å². The maximum atomic E-state index is 11.8. The maximum Gasteiger partial charge on any atom is 0.227 e. The van der Waals surface area contributed by atoms with E-state index in [1.807, 2.05) is 0 Å². The van der Waals surface area contributed by atoms with Crippen LogP contribution in [0, 0.1) is 0 Å². The Kier molecular flexibility index (Phi) is 3.45. The van der Waals surface area contributed by atoms with Gasteiger partial charge in [-0.1, -0.05) is 0 Å². The van der Waals surface area contributed by atoms with Gasteiger partial charge in [0.25, 0.3) is 0 Å². The van der Waals surface area contributed by atoms with E-state index >= 15 is 0 Å². The lowest BCUT2D eigenvalue weighted by Crippen LogP contribution is -2.32. The lowest BCUT2D eigenvalue weighted by molar-refractivity contribution is -0.118. The number of Topliss-reactive ketones (excluding diaryl/α,β-unsaturated/α-hetero) is 1. The van der Waals surface area contributed by atoms with Crippen molar-refractivity contribution in [2.45, 2.75) is 18.9 Å². The second kappa shape index (κ2) is 4.88. The van der Waals surface area contributed by atoms with Crippen molar-refractivity contribution in [3.63, 3.8) is 0 Å². The average molecular weight is 248 g/mol. The van der Waals surface area contributed by atoms with Crippen LogP contribution in [0.4, 0.5) is 5.69 Å². The molecule has 96 valence electrons. The van der Waals surface area contributed by atoms with E-state index in [4.69, 9.17) is 5.73 Å². The Morgan fingerprint density at radius 3 is 2.89 bits per heavy atom. The van der Waals surface area contributed by atoms with Gasteiger partial charge in [0.15, 0.2) is 5.78 Å². The maximum absolute atomic E-state index is 11.8. The molecule has 5 nitrogen and oxygen atoms in total. The fourth-order valence-corrected chi connectivity index (χ4v) is 2.11. The van der Waals surface area contributed by atoms with Crippen LogP contribution >= 0.6 is 0 Å². The first-order valence-electron chi connectivity index (χ1n) is 5.86. The van der Waals surface area contributed by atoms with Crippen LogP contribution in [0.5, 0.6) is 0 Å². The zero-order valence-electron chi connectivity index (χ0n) is 10.2. The standard InChI is InChI=1S/C13H16N2O3/c1-15-10-4-2-9(13(18)11(16)7-14)6-8(10)3-5-12(15)17/h2,4,6,11,16H,3,5,7,14H2,1H3. The molecular weight excluding hydrogens is 232 g/mol. The highest BCUT2D eigenvalue weighted by Gasteiger charge is 2.23. The summed E-state index contributed by atoms with van der Waals surface area (Å²) in [7, 11) is 1.72. The van der Waals surface area contributed by atoms with E-state index in [0.717, 1.165) is 11.3 Å². The van der Waals surface area contributed by atoms with E-state index < -0.39 is 6.10 Å². The Labute approximate surface area is 105 Å². The smallest absolute Gasteiger partial charge is 0.227 e. The number of anilines is 1. The molecule has 2 rings (SSSR count). The topological polar surface area (TPSA) is 83.6 Å². The molecule has 3 N–H and O–H groups in total. The van der Waals surface area contributed by atoms with E-state index in [-0.39, 0.29) is 18.2 Å². The van der Waals surface area contributed by atoms with Crippen molar-refractivity contribution in [1.82, 2.24) is 0 Å². The molecule has 1 aromatic carbocycles. The van der Waals surface area contributed by atoms with E-state index in [1.54, 1.807) is 30.1 Å². The molecule has 0 aliphatic carbocycles. The number of aliphatic hydroxyl groups excluding tert-OH is 1. The van der Waals surface area contributed by atoms with Gasteiger partial charge in [-0.3, -0.25) is 9.59 Å². The number of carbonyl (C=O) groups is 2. The molecule has 1 heterocycles. The molecule has 0 spiro atoms. The van der Waals surface area contributed by atoms with Crippen LogP contribution < -0.4 is 10.6 Å². The van der Waals surface area contributed by atoms with Crippen molar-refractivity contribution < 1.29 is 14.7 Å². The third-order valence-corrected chi connectivity index (χ3v) is 3.23. The van der Waals surface area contributed by atoms with Crippen LogP contribution in [0.2, 0.25) is 0 Å². The van der Waals surface area contributed by atoms with Gasteiger partial charge in [-0.2, -0.15) is 0 Å². The molecule has 18 heavy (non-hydrogen) atoms. The van der Waals surface area contributed by atoms with Crippen LogP contribution in [0.25, 0.3) is 0 Å². The Morgan fingerprint density at radius 2 is 2.22 bits per heavy atom. The zero-order chi connectivity index (χ0) is 13.3. The van der Waals surface area contributed by atoms with E-state index in [0.29, 0.717) is 18.4 Å². The largest absolute Gasteiger partial charge is 0.384 e. The highest BCUT2D eigenvalue weighted by Crippen LogP contribution is 2.27. The second-order valence-corrected chi connectivity index (χ2v) is 4.41. The summed E-state index contributed by atoms with van der Waals surface area (Å²) < 4.78 is 0. The lowest BCUT2D eigenvalue weighted by atomic mass is 9.96. The van der Waals surface area contributed by atoms with Gasteiger partial charge in [-0.25, -0.2) is 0 Å². The summed E-state index contributed by atoms with van der Waals surface area (Å²) in [5, 5.41) is 9.44. The summed E-state index contributed by atoms with van der Waals surface area (Å²) in [6, 6.07) is 5.09. The Bertz CT molecular complexity index is 499. The van der Waals surface area contributed by atoms with E-state index in [9.17, 15) is 14.7 Å². The van der Waals surface area contributed by atoms with E-state index in [1.165, 1.54) is 0 Å². The molecule has 0 radical (unpaired) electrons. The number of carbonyl (C=O) groups excluding carboxylic acids is 2. The van der Waals surface area contributed by atoms with Gasteiger partial charge in [0, 0.05) is 31.3 Å². The fourth-order valence-electron chi connectivity index (χ4n) is 2.11. The molecule has 1 unspecified atom stereocenters. The summed E-state index contributed by atoms with van der Waals surface area (Å²) in [6.45, 7) is -0.0890. The van der Waals surface area contributed by atoms with Crippen molar-refractivity contribution in [1.29, 1.82) is 0 Å². The molecule has 1 atom stereocenters. The zero-order valence-corrected chi connectivity index (χ0v) is 10.2. The normalized spacial score (nSPS) is 16.4. The third-order valence-electron chi connectivity index (χ3n) is 3.23. The second-order valence-electron chi connectivity index (χ2n) is 4.41.